The fraction of sp³-hybridized carbons (Fsp3) is 0.143. The predicted octanol–water partition coefficient (Wildman–Crippen LogP) is 9.57. The van der Waals surface area contributed by atoms with Crippen LogP contribution in [0, 0.1) is 0 Å². The molecule has 368 valence electrons. The lowest BCUT2D eigenvalue weighted by Crippen LogP contribution is -2.09. The fourth-order valence-electron chi connectivity index (χ4n) is 9.59. The van der Waals surface area contributed by atoms with E-state index in [0.717, 1.165) is 0 Å². The van der Waals surface area contributed by atoms with E-state index in [1.807, 2.05) is 0 Å². The van der Waals surface area contributed by atoms with Gasteiger partial charge in [-0.05, 0) is 115 Å². The molecule has 0 amide bonds. The monoisotopic (exact) mass is 1040 g/mol. The van der Waals surface area contributed by atoms with Crippen LogP contribution in [0.15, 0.2) is 170 Å². The first-order valence-corrected chi connectivity index (χ1v) is 30.5. The molecule has 72 heavy (non-hydrogen) atoms. The van der Waals surface area contributed by atoms with Gasteiger partial charge in [0.25, 0.3) is 0 Å². The Morgan fingerprint density at radius 3 is 0.583 bits per heavy atom. The Hall–Kier alpha value is -6.28. The molecule has 8 aromatic carbocycles. The number of aromatic hydroxyl groups is 4. The average molecular weight is 1040 g/mol. The number of benzene rings is 8. The minimum atomic E-state index is -4.07. The van der Waals surface area contributed by atoms with Crippen molar-refractivity contribution in [1.82, 2.24) is 0 Å². The largest absolute Gasteiger partial charge is 0.507 e. The second kappa shape index (κ2) is 20.3. The van der Waals surface area contributed by atoms with E-state index in [-0.39, 0.29) is 139 Å². The standard InChI is InChI=1S/C56H52O12P4/c57-53-41-21-37(33-69(61,62)49-13-5-1-6-14-49)22-42(53)30-44-24-39(35-71(65,66)51-17-9-3-10-18-51)26-46(55(44)59)32-48-28-40(36-72(67,68)52-19-11-4-12-20-52)27-47(56(48)60)31-45-25-38(23-43(29-41)54(45)58)34-70(63,64)50-15-7-2-8-16-50/h1-28,57-60H,29-36H2,(H,61,62)(H,63,64)(H,65,66)(H,67,68). The SMILES string of the molecule is O=P(O)(Cc1cc2c(O)c(c1)Cc1cc(CP(=O)(O)c3ccccc3)cc(c1O)Cc1cc(CP(=O)(O)c3ccccc3)cc(c1O)Cc1cc(CP(=O)(O)c3ccccc3)cc(c1O)C2)c1ccccc1. The van der Waals surface area contributed by atoms with E-state index in [1.54, 1.807) is 170 Å². The zero-order valence-corrected chi connectivity index (χ0v) is 42.4. The molecule has 0 heterocycles. The summed E-state index contributed by atoms with van der Waals surface area (Å²) < 4.78 is 56.2. The van der Waals surface area contributed by atoms with Gasteiger partial charge in [-0.2, -0.15) is 0 Å². The number of hydrogen-bond acceptors (Lipinski definition) is 8. The van der Waals surface area contributed by atoms with Crippen molar-refractivity contribution in [3.8, 4) is 23.0 Å². The van der Waals surface area contributed by atoms with Crippen LogP contribution in [0.5, 0.6) is 23.0 Å². The Morgan fingerprint density at radius 2 is 0.431 bits per heavy atom. The van der Waals surface area contributed by atoms with Gasteiger partial charge < -0.3 is 40.0 Å². The second-order valence-electron chi connectivity index (χ2n) is 18.5. The van der Waals surface area contributed by atoms with Gasteiger partial charge >= 0.3 is 0 Å². The molecule has 0 aliphatic heterocycles. The topological polar surface area (TPSA) is 230 Å². The molecule has 16 heteroatoms. The van der Waals surface area contributed by atoms with E-state index in [9.17, 15) is 58.3 Å². The Morgan fingerprint density at radius 1 is 0.278 bits per heavy atom. The summed E-state index contributed by atoms with van der Waals surface area (Å²) in [6.45, 7) is 0. The maximum Gasteiger partial charge on any atom is 0.233 e. The molecule has 0 saturated heterocycles. The third kappa shape index (κ3) is 11.2. The minimum absolute atomic E-state index is 0.203. The second-order valence-corrected chi connectivity index (χ2v) is 27.5. The highest BCUT2D eigenvalue weighted by atomic mass is 31.2. The van der Waals surface area contributed by atoms with Crippen molar-refractivity contribution >= 4 is 50.7 Å². The van der Waals surface area contributed by atoms with Gasteiger partial charge in [-0.25, -0.2) is 0 Å². The third-order valence-corrected chi connectivity index (χ3v) is 20.7. The first-order valence-electron chi connectivity index (χ1n) is 23.1. The zero-order chi connectivity index (χ0) is 51.0. The third-order valence-electron chi connectivity index (χ3n) is 13.1. The normalized spacial score (nSPS) is 15.8. The summed E-state index contributed by atoms with van der Waals surface area (Å²) >= 11 is 0. The molecule has 1 aliphatic carbocycles. The van der Waals surface area contributed by atoms with E-state index in [4.69, 9.17) is 0 Å². The first kappa shape index (κ1) is 50.7. The van der Waals surface area contributed by atoms with Gasteiger partial charge in [0, 0.05) is 46.9 Å². The molecule has 0 radical (unpaired) electrons. The van der Waals surface area contributed by atoms with Crippen LogP contribution in [0.1, 0.15) is 66.8 Å². The molecule has 9 rings (SSSR count). The van der Waals surface area contributed by atoms with Gasteiger partial charge in [0.05, 0.1) is 24.6 Å². The molecule has 1 aliphatic rings. The van der Waals surface area contributed by atoms with Gasteiger partial charge in [0.1, 0.15) is 23.0 Å². The van der Waals surface area contributed by atoms with Gasteiger partial charge in [0.15, 0.2) is 0 Å². The number of phenolic OH excluding ortho intramolecular Hbond substituents is 4. The van der Waals surface area contributed by atoms with Crippen LogP contribution < -0.4 is 21.2 Å². The van der Waals surface area contributed by atoms with Crippen LogP contribution in [0.4, 0.5) is 0 Å². The van der Waals surface area contributed by atoms with Crippen molar-refractivity contribution < 1.29 is 58.3 Å². The predicted molar refractivity (Wildman–Crippen MR) is 282 cm³/mol. The van der Waals surface area contributed by atoms with Gasteiger partial charge in [-0.1, -0.05) is 121 Å². The molecule has 4 unspecified atom stereocenters. The number of fused-ring (bicyclic) bond motifs is 8. The van der Waals surface area contributed by atoms with Crippen LogP contribution in [-0.2, 0) is 68.6 Å². The highest BCUT2D eigenvalue weighted by Gasteiger charge is 2.30. The summed E-state index contributed by atoms with van der Waals surface area (Å²) in [5.74, 6) is -1.04. The smallest absolute Gasteiger partial charge is 0.233 e. The van der Waals surface area contributed by atoms with Crippen molar-refractivity contribution in [2.45, 2.75) is 50.3 Å². The highest BCUT2D eigenvalue weighted by Crippen LogP contribution is 2.50. The fourth-order valence-corrected chi connectivity index (χ4v) is 15.6. The van der Waals surface area contributed by atoms with Crippen LogP contribution in [0.2, 0.25) is 0 Å². The summed E-state index contributed by atoms with van der Waals surface area (Å²) in [4.78, 5) is 46.0. The average Bonchev–Trinajstić information content (AvgIpc) is 3.35. The van der Waals surface area contributed by atoms with Crippen LogP contribution in [0.25, 0.3) is 0 Å². The lowest BCUT2D eigenvalue weighted by molar-refractivity contribution is 0.449. The molecule has 12 nitrogen and oxygen atoms in total. The van der Waals surface area contributed by atoms with E-state index < -0.39 is 29.5 Å². The van der Waals surface area contributed by atoms with Crippen LogP contribution in [0.3, 0.4) is 0 Å². The van der Waals surface area contributed by atoms with Crippen molar-refractivity contribution in [3.05, 3.63) is 237 Å². The Bertz CT molecular complexity index is 2970. The Labute approximate surface area is 417 Å². The van der Waals surface area contributed by atoms with E-state index in [1.165, 1.54) is 0 Å². The Balaban J connectivity index is 1.26. The molecular weight excluding hydrogens is 988 g/mol. The summed E-state index contributed by atoms with van der Waals surface area (Å²) in [7, 11) is -16.3. The van der Waals surface area contributed by atoms with Gasteiger partial charge in [-0.15, -0.1) is 0 Å². The number of rotatable bonds is 12. The van der Waals surface area contributed by atoms with E-state index in [0.29, 0.717) is 22.3 Å². The molecule has 8 bridgehead atoms. The molecule has 0 saturated carbocycles. The van der Waals surface area contributed by atoms with Crippen LogP contribution in [-0.4, -0.2) is 40.0 Å². The van der Waals surface area contributed by atoms with Crippen molar-refractivity contribution in [3.63, 3.8) is 0 Å². The molecule has 0 aromatic heterocycles. The molecular formula is C56H52O12P4. The van der Waals surface area contributed by atoms with Crippen molar-refractivity contribution in [1.29, 1.82) is 0 Å². The molecule has 8 aromatic rings. The molecule has 0 fully saturated rings. The van der Waals surface area contributed by atoms with E-state index in [2.05, 4.69) is 0 Å². The van der Waals surface area contributed by atoms with Crippen LogP contribution >= 0.6 is 29.5 Å². The lowest BCUT2D eigenvalue weighted by atomic mass is 9.89. The summed E-state index contributed by atoms with van der Waals surface area (Å²) in [5.41, 5.74) is 3.07. The Kier molecular flexibility index (Phi) is 14.3. The van der Waals surface area contributed by atoms with E-state index >= 15 is 0 Å². The summed E-state index contributed by atoms with van der Waals surface area (Å²) in [6, 6.07) is 45.0. The quantitative estimate of drug-likeness (QED) is 0.0535. The highest BCUT2D eigenvalue weighted by molar-refractivity contribution is 7.66. The number of hydrogen-bond donors (Lipinski definition) is 8. The van der Waals surface area contributed by atoms with Gasteiger partial charge in [0.2, 0.25) is 29.5 Å². The summed E-state index contributed by atoms with van der Waals surface area (Å²) in [5, 5.41) is 49.8. The maximum atomic E-state index is 14.1. The molecule has 8 N–H and O–H groups in total. The zero-order valence-electron chi connectivity index (χ0n) is 38.8. The van der Waals surface area contributed by atoms with Crippen molar-refractivity contribution in [2.24, 2.45) is 0 Å². The molecule has 4 atom stereocenters. The lowest BCUT2D eigenvalue weighted by Gasteiger charge is -2.22. The number of phenols is 4. The first-order chi connectivity index (χ1) is 34.2. The minimum Gasteiger partial charge on any atom is -0.507 e. The van der Waals surface area contributed by atoms with Gasteiger partial charge in [-0.3, -0.25) is 18.3 Å². The molecule has 0 spiro atoms. The van der Waals surface area contributed by atoms with Crippen molar-refractivity contribution in [2.75, 3.05) is 0 Å². The maximum absolute atomic E-state index is 14.1. The summed E-state index contributed by atoms with van der Waals surface area (Å²) in [6.07, 6.45) is -2.25.